The Kier molecular flexibility index (Phi) is 10.3. The van der Waals surface area contributed by atoms with Gasteiger partial charge in [0.25, 0.3) is 10.0 Å². The smallest absolute Gasteiger partial charge is 0.264 e. The molecular weight excluding hydrogens is 526 g/mol. The molecule has 0 fully saturated rings. The van der Waals surface area contributed by atoms with Crippen molar-refractivity contribution >= 4 is 27.5 Å². The van der Waals surface area contributed by atoms with Crippen LogP contribution in [0, 0.1) is 20.8 Å². The molecule has 0 saturated carbocycles. The summed E-state index contributed by atoms with van der Waals surface area (Å²) >= 11 is 0. The summed E-state index contributed by atoms with van der Waals surface area (Å²) in [5.74, 6) is -0.500. The highest BCUT2D eigenvalue weighted by atomic mass is 32.2. The highest BCUT2D eigenvalue weighted by Gasteiger charge is 2.34. The summed E-state index contributed by atoms with van der Waals surface area (Å²) in [7, 11) is -2.73. The molecule has 0 bridgehead atoms. The molecule has 0 aliphatic rings. The minimum atomic E-state index is -4.18. The number of rotatable bonds is 12. The second kappa shape index (κ2) is 13.5. The van der Waals surface area contributed by atoms with Gasteiger partial charge in [0.05, 0.1) is 17.7 Å². The van der Waals surface area contributed by atoms with Crippen molar-refractivity contribution in [2.24, 2.45) is 0 Å². The van der Waals surface area contributed by atoms with Crippen LogP contribution in [-0.4, -0.2) is 51.4 Å². The second-order valence-corrected chi connectivity index (χ2v) is 11.8. The summed E-state index contributed by atoms with van der Waals surface area (Å²) < 4.78 is 34.7. The fourth-order valence-corrected chi connectivity index (χ4v) is 5.71. The fourth-order valence-electron chi connectivity index (χ4n) is 4.30. The number of anilines is 1. The molecule has 3 aromatic carbocycles. The van der Waals surface area contributed by atoms with Crippen molar-refractivity contribution in [3.05, 3.63) is 89.0 Å². The largest absolute Gasteiger partial charge is 0.495 e. The lowest BCUT2D eigenvalue weighted by molar-refractivity contribution is -0.139. The van der Waals surface area contributed by atoms with Crippen LogP contribution in [0.4, 0.5) is 5.69 Å². The van der Waals surface area contributed by atoms with Crippen LogP contribution in [0.5, 0.6) is 5.75 Å². The monoisotopic (exact) mass is 565 g/mol. The third-order valence-corrected chi connectivity index (χ3v) is 8.58. The summed E-state index contributed by atoms with van der Waals surface area (Å²) in [4.78, 5) is 28.6. The first kappa shape index (κ1) is 30.7. The van der Waals surface area contributed by atoms with Gasteiger partial charge in [-0.25, -0.2) is 8.42 Å². The van der Waals surface area contributed by atoms with Crippen LogP contribution in [-0.2, 0) is 26.2 Å². The van der Waals surface area contributed by atoms with Gasteiger partial charge in [-0.2, -0.15) is 0 Å². The SMILES string of the molecule is CCCNC(=O)[C@@H](C)N(Cc1ccccc1C)C(=O)CN(c1cc(C)ccc1OC)S(=O)(=O)c1ccc(C)cc1. The third-order valence-electron chi connectivity index (χ3n) is 6.81. The van der Waals surface area contributed by atoms with E-state index in [2.05, 4.69) is 5.32 Å². The fraction of sp³-hybridized carbons (Fsp3) is 0.355. The van der Waals surface area contributed by atoms with E-state index in [4.69, 9.17) is 4.74 Å². The van der Waals surface area contributed by atoms with E-state index < -0.39 is 28.5 Å². The third kappa shape index (κ3) is 7.21. The molecule has 2 amide bonds. The molecule has 0 spiro atoms. The maximum Gasteiger partial charge on any atom is 0.264 e. The van der Waals surface area contributed by atoms with E-state index in [1.165, 1.54) is 24.1 Å². The van der Waals surface area contributed by atoms with Crippen LogP contribution in [0.2, 0.25) is 0 Å². The molecule has 0 aliphatic carbocycles. The summed E-state index contributed by atoms with van der Waals surface area (Å²) in [5, 5.41) is 2.86. The molecule has 0 aromatic heterocycles. The number of methoxy groups -OCH3 is 1. The Morgan fingerprint density at radius 2 is 1.60 bits per heavy atom. The summed E-state index contributed by atoms with van der Waals surface area (Å²) in [6.45, 7) is 9.36. The molecule has 0 radical (unpaired) electrons. The lowest BCUT2D eigenvalue weighted by Crippen LogP contribution is -2.51. The molecular formula is C31H39N3O5S. The van der Waals surface area contributed by atoms with Gasteiger partial charge < -0.3 is 15.0 Å². The van der Waals surface area contributed by atoms with Gasteiger partial charge in [-0.1, -0.05) is 55.0 Å². The Morgan fingerprint density at radius 3 is 2.23 bits per heavy atom. The number of aryl methyl sites for hydroxylation is 3. The molecule has 0 aliphatic heterocycles. The maximum atomic E-state index is 14.1. The van der Waals surface area contributed by atoms with Crippen LogP contribution < -0.4 is 14.4 Å². The number of benzene rings is 3. The molecule has 1 atom stereocenters. The minimum Gasteiger partial charge on any atom is -0.495 e. The van der Waals surface area contributed by atoms with Crippen molar-refractivity contribution < 1.29 is 22.7 Å². The molecule has 3 rings (SSSR count). The predicted octanol–water partition coefficient (Wildman–Crippen LogP) is 4.76. The molecule has 9 heteroatoms. The topological polar surface area (TPSA) is 96.0 Å². The first-order chi connectivity index (χ1) is 19.0. The van der Waals surface area contributed by atoms with Crippen LogP contribution in [0.3, 0.4) is 0 Å². The number of sulfonamides is 1. The van der Waals surface area contributed by atoms with Crippen LogP contribution in [0.25, 0.3) is 0 Å². The van der Waals surface area contributed by atoms with Crippen molar-refractivity contribution in [2.45, 2.75) is 58.5 Å². The van der Waals surface area contributed by atoms with E-state index in [0.29, 0.717) is 12.3 Å². The van der Waals surface area contributed by atoms with Gasteiger partial charge in [-0.15, -0.1) is 0 Å². The quantitative estimate of drug-likeness (QED) is 0.342. The average Bonchev–Trinajstić information content (AvgIpc) is 2.93. The first-order valence-electron chi connectivity index (χ1n) is 13.3. The molecule has 1 N–H and O–H groups in total. The van der Waals surface area contributed by atoms with E-state index >= 15 is 0 Å². The number of ether oxygens (including phenoxy) is 1. The van der Waals surface area contributed by atoms with Crippen LogP contribution >= 0.6 is 0 Å². The zero-order chi connectivity index (χ0) is 29.4. The molecule has 40 heavy (non-hydrogen) atoms. The Morgan fingerprint density at radius 1 is 0.950 bits per heavy atom. The molecule has 0 saturated heterocycles. The Balaban J connectivity index is 2.10. The summed E-state index contributed by atoms with van der Waals surface area (Å²) in [6, 6.07) is 18.4. The highest BCUT2D eigenvalue weighted by molar-refractivity contribution is 7.92. The molecule has 214 valence electrons. The van der Waals surface area contributed by atoms with Gasteiger partial charge >= 0.3 is 0 Å². The number of hydrogen-bond donors (Lipinski definition) is 1. The number of nitrogens with zero attached hydrogens (tertiary/aromatic N) is 2. The molecule has 8 nitrogen and oxygen atoms in total. The average molecular weight is 566 g/mol. The van der Waals surface area contributed by atoms with E-state index in [-0.39, 0.29) is 23.0 Å². The van der Waals surface area contributed by atoms with Gasteiger partial charge in [-0.3, -0.25) is 13.9 Å². The normalized spacial score (nSPS) is 11.9. The Labute approximate surface area is 238 Å². The number of amides is 2. The molecule has 3 aromatic rings. The second-order valence-electron chi connectivity index (χ2n) is 9.92. The van der Waals surface area contributed by atoms with Crippen molar-refractivity contribution in [1.82, 2.24) is 10.2 Å². The lowest BCUT2D eigenvalue weighted by atomic mass is 10.1. The van der Waals surface area contributed by atoms with Gasteiger partial charge in [0.2, 0.25) is 11.8 Å². The number of carbonyl (C=O) groups excluding carboxylic acids is 2. The van der Waals surface area contributed by atoms with Crippen molar-refractivity contribution in [2.75, 3.05) is 24.5 Å². The van der Waals surface area contributed by atoms with Crippen LogP contribution in [0.15, 0.2) is 71.6 Å². The van der Waals surface area contributed by atoms with Crippen LogP contribution in [0.1, 0.15) is 42.5 Å². The first-order valence-corrected chi connectivity index (χ1v) is 14.8. The van der Waals surface area contributed by atoms with Crippen molar-refractivity contribution in [3.8, 4) is 5.75 Å². The molecule has 0 unspecified atom stereocenters. The van der Waals surface area contributed by atoms with E-state index in [1.807, 2.05) is 58.0 Å². The van der Waals surface area contributed by atoms with Crippen molar-refractivity contribution in [1.29, 1.82) is 0 Å². The van der Waals surface area contributed by atoms with Gasteiger partial charge in [-0.05, 0) is 75.1 Å². The highest BCUT2D eigenvalue weighted by Crippen LogP contribution is 2.34. The van der Waals surface area contributed by atoms with Gasteiger partial charge in [0.15, 0.2) is 0 Å². The summed E-state index contributed by atoms with van der Waals surface area (Å²) in [6.07, 6.45) is 0.750. The van der Waals surface area contributed by atoms with Crippen molar-refractivity contribution in [3.63, 3.8) is 0 Å². The van der Waals surface area contributed by atoms with Gasteiger partial charge in [0.1, 0.15) is 18.3 Å². The van der Waals surface area contributed by atoms with E-state index in [0.717, 1.165) is 33.0 Å². The van der Waals surface area contributed by atoms with E-state index in [9.17, 15) is 18.0 Å². The number of carbonyl (C=O) groups is 2. The Bertz CT molecular complexity index is 1440. The maximum absolute atomic E-state index is 14.1. The number of hydrogen-bond acceptors (Lipinski definition) is 5. The standard InChI is InChI=1S/C31H39N3O5S/c1-7-18-32-31(36)25(5)33(20-26-11-9-8-10-24(26)4)30(35)21-34(28-19-23(3)14-17-29(28)39-6)40(37,38)27-15-12-22(2)13-16-27/h8-17,19,25H,7,18,20-21H2,1-6H3,(H,32,36)/t25-/m1/s1. The van der Waals surface area contributed by atoms with E-state index in [1.54, 1.807) is 31.2 Å². The summed E-state index contributed by atoms with van der Waals surface area (Å²) in [5.41, 5.74) is 3.79. The number of nitrogens with one attached hydrogen (secondary N) is 1. The predicted molar refractivity (Wildman–Crippen MR) is 158 cm³/mol. The lowest BCUT2D eigenvalue weighted by Gasteiger charge is -2.32. The van der Waals surface area contributed by atoms with Gasteiger partial charge in [0, 0.05) is 13.1 Å². The Hall–Kier alpha value is -3.85. The molecule has 0 heterocycles. The zero-order valence-electron chi connectivity index (χ0n) is 24.1. The zero-order valence-corrected chi connectivity index (χ0v) is 24.9. The minimum absolute atomic E-state index is 0.0497.